The van der Waals surface area contributed by atoms with Gasteiger partial charge in [0.1, 0.15) is 0 Å². The van der Waals surface area contributed by atoms with Crippen molar-refractivity contribution in [2.75, 3.05) is 12.3 Å². The van der Waals surface area contributed by atoms with Crippen molar-refractivity contribution in [2.45, 2.75) is 67.5 Å². The molecular weight excluding hydrogens is 362 g/mol. The highest BCUT2D eigenvalue weighted by Crippen LogP contribution is 2.33. The molecule has 0 saturated carbocycles. The summed E-state index contributed by atoms with van der Waals surface area (Å²) in [5.74, 6) is 0.115. The van der Waals surface area contributed by atoms with Gasteiger partial charge < -0.3 is 21.1 Å². The van der Waals surface area contributed by atoms with Crippen LogP contribution in [0.3, 0.4) is 0 Å². The molecule has 0 aromatic heterocycles. The van der Waals surface area contributed by atoms with Crippen LogP contribution in [0, 0.1) is 0 Å². The maximum Gasteiger partial charge on any atom is 0.316 e. The molecule has 2 saturated heterocycles. The van der Waals surface area contributed by atoms with E-state index in [0.717, 1.165) is 37.9 Å². The Labute approximate surface area is 157 Å². The highest BCUT2D eigenvalue weighted by molar-refractivity contribution is 8.00. The van der Waals surface area contributed by atoms with Gasteiger partial charge in [-0.2, -0.15) is 24.4 Å². The number of nitrogens with one attached hydrogen (secondary N) is 3. The van der Waals surface area contributed by atoms with Crippen molar-refractivity contribution in [1.82, 2.24) is 16.0 Å². The van der Waals surface area contributed by atoms with E-state index >= 15 is 0 Å². The van der Waals surface area contributed by atoms with Gasteiger partial charge in [0.25, 0.3) is 0 Å². The molecule has 4 atom stereocenters. The number of aliphatic carboxylic acids is 1. The molecule has 25 heavy (non-hydrogen) atoms. The average Bonchev–Trinajstić information content (AvgIpc) is 3.10. The van der Waals surface area contributed by atoms with Gasteiger partial charge in [0, 0.05) is 24.0 Å². The van der Waals surface area contributed by atoms with Gasteiger partial charge in [-0.3, -0.25) is 9.59 Å². The summed E-state index contributed by atoms with van der Waals surface area (Å²) in [6.45, 7) is 0.582. The van der Waals surface area contributed by atoms with Crippen LogP contribution in [0.2, 0.25) is 0 Å². The molecule has 0 spiro atoms. The Morgan fingerprint density at radius 2 is 2.08 bits per heavy atom. The van der Waals surface area contributed by atoms with Crippen LogP contribution in [0.25, 0.3) is 0 Å². The maximum atomic E-state index is 11.8. The van der Waals surface area contributed by atoms with Crippen molar-refractivity contribution >= 4 is 42.3 Å². The second-order valence-corrected chi connectivity index (χ2v) is 8.46. The third kappa shape index (κ3) is 6.62. The number of carboxylic acids is 1. The number of amides is 3. The highest BCUT2D eigenvalue weighted by atomic mass is 32.2. The normalized spacial score (nSPS) is 25.8. The summed E-state index contributed by atoms with van der Waals surface area (Å²) in [5, 5.41) is 17.3. The van der Waals surface area contributed by atoms with E-state index in [1.807, 2.05) is 11.8 Å². The van der Waals surface area contributed by atoms with Gasteiger partial charge in [-0.1, -0.05) is 12.8 Å². The molecule has 4 N–H and O–H groups in total. The summed E-state index contributed by atoms with van der Waals surface area (Å²) in [6, 6.07) is 0.420. The van der Waals surface area contributed by atoms with E-state index in [1.165, 1.54) is 0 Å². The van der Waals surface area contributed by atoms with Gasteiger partial charge in [-0.15, -0.1) is 0 Å². The highest BCUT2D eigenvalue weighted by Gasteiger charge is 2.42. The molecular formula is C16H27N3O4S2. The lowest BCUT2D eigenvalue weighted by Crippen LogP contribution is -2.36. The topological polar surface area (TPSA) is 108 Å². The fraction of sp³-hybridized carbons (Fsp3) is 0.812. The third-order valence-corrected chi connectivity index (χ3v) is 6.58. The molecule has 2 heterocycles. The number of hydrogen-bond donors (Lipinski definition) is 5. The van der Waals surface area contributed by atoms with Crippen LogP contribution in [0.5, 0.6) is 0 Å². The number of fused-ring (bicyclic) bond motifs is 1. The first-order valence-corrected chi connectivity index (χ1v) is 10.4. The van der Waals surface area contributed by atoms with Crippen molar-refractivity contribution < 1.29 is 19.5 Å². The largest absolute Gasteiger partial charge is 0.480 e. The standard InChI is InChI=1S/C16H27N3O4S2/c20-13(17-8-4-3-5-11(24)15(21)22)7-2-1-6-12-14-10(9-25-12)18-16(23)19-14/h10-12,14,24H,1-9H2,(H,17,20)(H,21,22)(H2,18,19,23). The van der Waals surface area contributed by atoms with E-state index in [2.05, 4.69) is 28.6 Å². The lowest BCUT2D eigenvalue weighted by atomic mass is 10.0. The second kappa shape index (κ2) is 10.2. The first kappa shape index (κ1) is 20.2. The smallest absolute Gasteiger partial charge is 0.316 e. The van der Waals surface area contributed by atoms with E-state index in [0.29, 0.717) is 24.6 Å². The molecule has 0 bridgehead atoms. The van der Waals surface area contributed by atoms with Gasteiger partial charge >= 0.3 is 12.0 Å². The Kier molecular flexibility index (Phi) is 8.21. The van der Waals surface area contributed by atoms with Gasteiger partial charge in [0.05, 0.1) is 17.3 Å². The van der Waals surface area contributed by atoms with Crippen LogP contribution in [-0.4, -0.2) is 57.9 Å². The molecule has 9 heteroatoms. The number of urea groups is 1. The molecule has 3 amide bonds. The van der Waals surface area contributed by atoms with Crippen LogP contribution in [-0.2, 0) is 9.59 Å². The van der Waals surface area contributed by atoms with E-state index in [1.54, 1.807) is 0 Å². The molecule has 0 aliphatic carbocycles. The maximum absolute atomic E-state index is 11.8. The lowest BCUT2D eigenvalue weighted by molar-refractivity contribution is -0.136. The van der Waals surface area contributed by atoms with E-state index in [-0.39, 0.29) is 24.0 Å². The molecule has 7 nitrogen and oxygen atoms in total. The summed E-state index contributed by atoms with van der Waals surface area (Å²) in [7, 11) is 0. The Bertz CT molecular complexity index is 492. The van der Waals surface area contributed by atoms with Crippen LogP contribution >= 0.6 is 24.4 Å². The predicted molar refractivity (Wildman–Crippen MR) is 101 cm³/mol. The lowest BCUT2D eigenvalue weighted by Gasteiger charge is -2.16. The van der Waals surface area contributed by atoms with Crippen LogP contribution in [0.4, 0.5) is 4.79 Å². The van der Waals surface area contributed by atoms with Gasteiger partial charge in [0.15, 0.2) is 0 Å². The number of hydrogen-bond acceptors (Lipinski definition) is 5. The summed E-state index contributed by atoms with van der Waals surface area (Å²) >= 11 is 5.87. The molecule has 2 rings (SSSR count). The number of carboxylic acid groups (broad SMARTS) is 1. The van der Waals surface area contributed by atoms with Crippen molar-refractivity contribution in [1.29, 1.82) is 0 Å². The van der Waals surface area contributed by atoms with Crippen LogP contribution in [0.15, 0.2) is 0 Å². The summed E-state index contributed by atoms with van der Waals surface area (Å²) < 4.78 is 0. The van der Waals surface area contributed by atoms with Gasteiger partial charge in [-0.25, -0.2) is 4.79 Å². The number of thioether (sulfide) groups is 1. The minimum atomic E-state index is -0.896. The SMILES string of the molecule is O=C(CCCCC1SCC2NC(=O)NC21)NCCCCC(S)C(=O)O. The summed E-state index contributed by atoms with van der Waals surface area (Å²) in [5.41, 5.74) is 0. The van der Waals surface area contributed by atoms with Gasteiger partial charge in [-0.05, 0) is 25.7 Å². The minimum Gasteiger partial charge on any atom is -0.480 e. The summed E-state index contributed by atoms with van der Waals surface area (Å²) in [6.07, 6.45) is 5.37. The molecule has 142 valence electrons. The monoisotopic (exact) mass is 389 g/mol. The number of thiol groups is 1. The first-order chi connectivity index (χ1) is 12.0. The Morgan fingerprint density at radius 1 is 1.28 bits per heavy atom. The number of unbranched alkanes of at least 4 members (excludes halogenated alkanes) is 2. The Morgan fingerprint density at radius 3 is 2.84 bits per heavy atom. The van der Waals surface area contributed by atoms with E-state index < -0.39 is 11.2 Å². The summed E-state index contributed by atoms with van der Waals surface area (Å²) in [4.78, 5) is 33.7. The second-order valence-electron chi connectivity index (χ2n) is 6.57. The van der Waals surface area contributed by atoms with Crippen molar-refractivity contribution in [3.8, 4) is 0 Å². The van der Waals surface area contributed by atoms with Crippen LogP contribution < -0.4 is 16.0 Å². The van der Waals surface area contributed by atoms with E-state index in [4.69, 9.17) is 5.11 Å². The minimum absolute atomic E-state index is 0.0495. The molecule has 2 aliphatic rings. The molecule has 2 aliphatic heterocycles. The van der Waals surface area contributed by atoms with Crippen molar-refractivity contribution in [2.24, 2.45) is 0 Å². The molecule has 4 unspecified atom stereocenters. The molecule has 2 fully saturated rings. The average molecular weight is 390 g/mol. The van der Waals surface area contributed by atoms with Crippen molar-refractivity contribution in [3.63, 3.8) is 0 Å². The quantitative estimate of drug-likeness (QED) is 0.208. The Balaban J connectivity index is 1.46. The van der Waals surface area contributed by atoms with E-state index in [9.17, 15) is 14.4 Å². The number of carbonyl (C=O) groups is 3. The molecule has 0 aromatic rings. The first-order valence-electron chi connectivity index (χ1n) is 8.83. The predicted octanol–water partition coefficient (Wildman–Crippen LogP) is 1.38. The zero-order valence-electron chi connectivity index (χ0n) is 14.2. The number of carbonyl (C=O) groups excluding carboxylic acids is 2. The molecule has 0 aromatic carbocycles. The van der Waals surface area contributed by atoms with Gasteiger partial charge in [0.2, 0.25) is 5.91 Å². The molecule has 0 radical (unpaired) electrons. The fourth-order valence-corrected chi connectivity index (χ4v) is 4.90. The van der Waals surface area contributed by atoms with Crippen LogP contribution in [0.1, 0.15) is 44.9 Å². The zero-order chi connectivity index (χ0) is 18.2. The fourth-order valence-electron chi connectivity index (χ4n) is 3.18. The third-order valence-electron chi connectivity index (χ3n) is 4.59. The zero-order valence-corrected chi connectivity index (χ0v) is 15.9. The Hall–Kier alpha value is -1.09. The van der Waals surface area contributed by atoms with Crippen molar-refractivity contribution in [3.05, 3.63) is 0 Å². The number of rotatable bonds is 11.